The molecule has 0 bridgehead atoms. The fourth-order valence-electron chi connectivity index (χ4n) is 1.83. The number of rotatable bonds is 6. The Balaban J connectivity index is 2.62. The molecule has 0 heterocycles. The van der Waals surface area contributed by atoms with Crippen molar-refractivity contribution in [2.45, 2.75) is 33.1 Å². The highest BCUT2D eigenvalue weighted by molar-refractivity contribution is 5.35. The van der Waals surface area contributed by atoms with Gasteiger partial charge in [-0.05, 0) is 30.4 Å². The Hall–Kier alpha value is -1.24. The minimum absolute atomic E-state index is 0.724. The maximum absolute atomic E-state index is 5.34. The van der Waals surface area contributed by atoms with Gasteiger partial charge in [-0.2, -0.15) is 0 Å². The van der Waals surface area contributed by atoms with E-state index in [2.05, 4.69) is 26.5 Å². The van der Waals surface area contributed by atoms with Crippen LogP contribution in [0.1, 0.15) is 32.3 Å². The molecule has 0 amide bonds. The molecule has 0 radical (unpaired) electrons. The first-order valence-corrected chi connectivity index (χ1v) is 5.95. The summed E-state index contributed by atoms with van der Waals surface area (Å²) in [5.74, 6) is 1.69. The third kappa shape index (κ3) is 3.73. The second-order valence-corrected chi connectivity index (χ2v) is 4.46. The Morgan fingerprint density at radius 2 is 2.06 bits per heavy atom. The Kier molecular flexibility index (Phi) is 5.10. The zero-order valence-electron chi connectivity index (χ0n) is 10.6. The Bertz CT molecular complexity index is 341. The first-order chi connectivity index (χ1) is 7.67. The van der Waals surface area contributed by atoms with Crippen LogP contribution in [0.25, 0.3) is 0 Å². The molecule has 1 atom stereocenters. The molecule has 0 N–H and O–H groups in total. The molecule has 0 saturated heterocycles. The highest BCUT2D eigenvalue weighted by Gasteiger charge is 2.06. The van der Waals surface area contributed by atoms with Gasteiger partial charge in [0.15, 0.2) is 0 Å². The van der Waals surface area contributed by atoms with Crippen molar-refractivity contribution in [1.29, 1.82) is 0 Å². The van der Waals surface area contributed by atoms with E-state index >= 15 is 0 Å². The van der Waals surface area contributed by atoms with Crippen molar-refractivity contribution in [2.75, 3.05) is 7.11 Å². The van der Waals surface area contributed by atoms with Gasteiger partial charge < -0.3 is 4.74 Å². The number of hydrogen-bond acceptors (Lipinski definition) is 1. The van der Waals surface area contributed by atoms with E-state index in [-0.39, 0.29) is 0 Å². The maximum atomic E-state index is 5.34. The van der Waals surface area contributed by atoms with Crippen molar-refractivity contribution in [3.05, 3.63) is 42.0 Å². The topological polar surface area (TPSA) is 9.23 Å². The van der Waals surface area contributed by atoms with E-state index in [9.17, 15) is 0 Å². The molecular formula is C15H22O. The molecule has 0 fully saturated rings. The quantitative estimate of drug-likeness (QED) is 0.649. The highest BCUT2D eigenvalue weighted by Crippen LogP contribution is 2.23. The summed E-state index contributed by atoms with van der Waals surface area (Å²) >= 11 is 0. The second-order valence-electron chi connectivity index (χ2n) is 4.46. The van der Waals surface area contributed by atoms with E-state index in [0.29, 0.717) is 0 Å². The van der Waals surface area contributed by atoms with Crippen LogP contribution in [0, 0.1) is 5.92 Å². The van der Waals surface area contributed by atoms with Crippen molar-refractivity contribution in [3.63, 3.8) is 0 Å². The van der Waals surface area contributed by atoms with E-state index in [0.717, 1.165) is 24.5 Å². The highest BCUT2D eigenvalue weighted by atomic mass is 16.5. The molecule has 1 aromatic rings. The predicted octanol–water partition coefficient (Wildman–Crippen LogP) is 4.23. The predicted molar refractivity (Wildman–Crippen MR) is 69.9 cm³/mol. The summed E-state index contributed by atoms with van der Waals surface area (Å²) in [5.41, 5.74) is 2.53. The third-order valence-corrected chi connectivity index (χ3v) is 2.97. The monoisotopic (exact) mass is 218 g/mol. The molecule has 0 aliphatic heterocycles. The molecule has 1 nitrogen and oxygen atoms in total. The van der Waals surface area contributed by atoms with Crippen molar-refractivity contribution in [3.8, 4) is 5.75 Å². The average molecular weight is 218 g/mol. The van der Waals surface area contributed by atoms with Gasteiger partial charge in [0.1, 0.15) is 5.75 Å². The van der Waals surface area contributed by atoms with Crippen LogP contribution in [0.3, 0.4) is 0 Å². The van der Waals surface area contributed by atoms with Crippen LogP contribution in [-0.2, 0) is 6.42 Å². The van der Waals surface area contributed by atoms with Gasteiger partial charge in [0.2, 0.25) is 0 Å². The summed E-state index contributed by atoms with van der Waals surface area (Å²) in [7, 11) is 1.72. The van der Waals surface area contributed by atoms with Crippen LogP contribution in [0.2, 0.25) is 0 Å². The Labute approximate surface area is 99.1 Å². The van der Waals surface area contributed by atoms with E-state index in [1.807, 2.05) is 18.2 Å². The molecule has 1 heteroatoms. The van der Waals surface area contributed by atoms with Crippen LogP contribution in [0.15, 0.2) is 36.4 Å². The van der Waals surface area contributed by atoms with E-state index in [1.54, 1.807) is 7.11 Å². The summed E-state index contributed by atoms with van der Waals surface area (Å²) in [4.78, 5) is 0. The van der Waals surface area contributed by atoms with E-state index in [4.69, 9.17) is 4.74 Å². The van der Waals surface area contributed by atoms with Gasteiger partial charge in [0.25, 0.3) is 0 Å². The van der Waals surface area contributed by atoms with Gasteiger partial charge in [-0.3, -0.25) is 0 Å². The van der Waals surface area contributed by atoms with Crippen LogP contribution in [0.5, 0.6) is 5.75 Å². The number of allylic oxidation sites excluding steroid dienone is 1. The smallest absolute Gasteiger partial charge is 0.122 e. The average Bonchev–Trinajstić information content (AvgIpc) is 2.29. The normalized spacial score (nSPS) is 12.2. The molecule has 1 rings (SSSR count). The molecule has 0 aliphatic rings. The van der Waals surface area contributed by atoms with E-state index in [1.165, 1.54) is 17.6 Å². The molecule has 0 spiro atoms. The van der Waals surface area contributed by atoms with Crippen molar-refractivity contribution < 1.29 is 4.74 Å². The van der Waals surface area contributed by atoms with Crippen LogP contribution in [0.4, 0.5) is 0 Å². The lowest BCUT2D eigenvalue weighted by molar-refractivity contribution is 0.410. The molecule has 0 aliphatic carbocycles. The number of hydrogen-bond donors (Lipinski definition) is 0. The number of methoxy groups -OCH3 is 1. The van der Waals surface area contributed by atoms with Gasteiger partial charge >= 0.3 is 0 Å². The lowest BCUT2D eigenvalue weighted by Gasteiger charge is -2.13. The zero-order chi connectivity index (χ0) is 12.0. The molecule has 16 heavy (non-hydrogen) atoms. The summed E-state index contributed by atoms with van der Waals surface area (Å²) in [6, 6.07) is 8.17. The summed E-state index contributed by atoms with van der Waals surface area (Å²) in [6.45, 7) is 8.65. The van der Waals surface area contributed by atoms with Crippen molar-refractivity contribution in [1.82, 2.24) is 0 Å². The molecule has 0 saturated carbocycles. The van der Waals surface area contributed by atoms with Gasteiger partial charge in [-0.25, -0.2) is 0 Å². The first-order valence-electron chi connectivity index (χ1n) is 5.95. The molecular weight excluding hydrogens is 196 g/mol. The minimum atomic E-state index is 0.724. The lowest BCUT2D eigenvalue weighted by Crippen LogP contribution is -1.99. The van der Waals surface area contributed by atoms with Crippen LogP contribution < -0.4 is 4.74 Å². The van der Waals surface area contributed by atoms with Crippen molar-refractivity contribution in [2.24, 2.45) is 5.92 Å². The number of benzene rings is 1. The largest absolute Gasteiger partial charge is 0.496 e. The van der Waals surface area contributed by atoms with Crippen molar-refractivity contribution >= 4 is 0 Å². The van der Waals surface area contributed by atoms with E-state index < -0.39 is 0 Å². The zero-order valence-corrected chi connectivity index (χ0v) is 10.6. The van der Waals surface area contributed by atoms with Crippen LogP contribution >= 0.6 is 0 Å². The molecule has 1 unspecified atom stereocenters. The number of para-hydroxylation sites is 1. The van der Waals surface area contributed by atoms with Crippen LogP contribution in [-0.4, -0.2) is 7.11 Å². The summed E-state index contributed by atoms with van der Waals surface area (Å²) in [5, 5.41) is 0. The minimum Gasteiger partial charge on any atom is -0.496 e. The number of ether oxygens (including phenoxy) is 1. The van der Waals surface area contributed by atoms with Gasteiger partial charge in [0, 0.05) is 0 Å². The Morgan fingerprint density at radius 1 is 1.38 bits per heavy atom. The summed E-state index contributed by atoms with van der Waals surface area (Å²) in [6.07, 6.45) is 3.24. The Morgan fingerprint density at radius 3 is 2.69 bits per heavy atom. The van der Waals surface area contributed by atoms with Gasteiger partial charge in [0.05, 0.1) is 7.11 Å². The molecule has 0 aromatic heterocycles. The second kappa shape index (κ2) is 6.37. The van der Waals surface area contributed by atoms with Gasteiger partial charge in [-0.15, -0.1) is 0 Å². The summed E-state index contributed by atoms with van der Waals surface area (Å²) < 4.78 is 5.34. The lowest BCUT2D eigenvalue weighted by atomic mass is 9.95. The first kappa shape index (κ1) is 12.8. The van der Waals surface area contributed by atoms with Gasteiger partial charge in [-0.1, -0.05) is 50.6 Å². The third-order valence-electron chi connectivity index (χ3n) is 2.97. The standard InChI is InChI=1S/C15H22O/c1-5-12(2)10-13(3)11-14-8-6-7-9-15(14)16-4/h6-9,12H,3,5,10-11H2,1-2,4H3. The SMILES string of the molecule is C=C(Cc1ccccc1OC)CC(C)CC. The maximum Gasteiger partial charge on any atom is 0.122 e. The fraction of sp³-hybridized carbons (Fsp3) is 0.467. The fourth-order valence-corrected chi connectivity index (χ4v) is 1.83. The molecule has 88 valence electrons. The molecule has 1 aromatic carbocycles.